The van der Waals surface area contributed by atoms with Crippen molar-refractivity contribution in [2.24, 2.45) is 0 Å². The molecule has 1 aromatic carbocycles. The van der Waals surface area contributed by atoms with Gasteiger partial charge in [0.15, 0.2) is 0 Å². The third-order valence-corrected chi connectivity index (χ3v) is 3.03. The average molecular weight is 204 g/mol. The molecule has 1 aliphatic heterocycles. The lowest BCUT2D eigenvalue weighted by Gasteiger charge is -2.26. The standard InChI is InChI=1S/C13H20N2/c1-4-5-8-13(3)14-11-7-6-10(2)9-12(11)15-13/h6-7,9,14-15H,4-5,8H2,1-3H3. The number of fused-ring (bicyclic) bond motifs is 1. The van der Waals surface area contributed by atoms with Crippen molar-refractivity contribution in [2.45, 2.75) is 45.7 Å². The van der Waals surface area contributed by atoms with Crippen molar-refractivity contribution in [1.82, 2.24) is 0 Å². The molecule has 0 fully saturated rings. The first kappa shape index (κ1) is 10.3. The third kappa shape index (κ3) is 2.09. The van der Waals surface area contributed by atoms with Gasteiger partial charge in [0.25, 0.3) is 0 Å². The average Bonchev–Trinajstić information content (AvgIpc) is 2.51. The molecule has 15 heavy (non-hydrogen) atoms. The lowest BCUT2D eigenvalue weighted by Crippen LogP contribution is -2.37. The number of unbranched alkanes of at least 4 members (excludes halogenated alkanes) is 1. The van der Waals surface area contributed by atoms with Gasteiger partial charge in [0, 0.05) is 0 Å². The Kier molecular flexibility index (Phi) is 2.59. The summed E-state index contributed by atoms with van der Waals surface area (Å²) in [7, 11) is 0. The zero-order valence-corrected chi connectivity index (χ0v) is 9.85. The van der Waals surface area contributed by atoms with Crippen molar-refractivity contribution in [3.8, 4) is 0 Å². The molecule has 0 saturated heterocycles. The second kappa shape index (κ2) is 3.76. The van der Waals surface area contributed by atoms with Gasteiger partial charge < -0.3 is 10.6 Å². The van der Waals surface area contributed by atoms with E-state index in [4.69, 9.17) is 0 Å². The van der Waals surface area contributed by atoms with Crippen molar-refractivity contribution in [2.75, 3.05) is 10.6 Å². The molecule has 1 atom stereocenters. The second-order valence-electron chi connectivity index (χ2n) is 4.73. The van der Waals surface area contributed by atoms with Gasteiger partial charge in [-0.3, -0.25) is 0 Å². The van der Waals surface area contributed by atoms with Crippen LogP contribution in [0.15, 0.2) is 18.2 Å². The Labute approximate surface area is 92.1 Å². The maximum atomic E-state index is 3.58. The number of hydrogen-bond acceptors (Lipinski definition) is 2. The Morgan fingerprint density at radius 3 is 2.67 bits per heavy atom. The van der Waals surface area contributed by atoms with E-state index in [1.807, 2.05) is 0 Å². The Hall–Kier alpha value is -1.18. The number of rotatable bonds is 3. The van der Waals surface area contributed by atoms with Gasteiger partial charge >= 0.3 is 0 Å². The van der Waals surface area contributed by atoms with E-state index in [2.05, 4.69) is 49.6 Å². The summed E-state index contributed by atoms with van der Waals surface area (Å²) < 4.78 is 0. The first-order valence-corrected chi connectivity index (χ1v) is 5.80. The molecule has 2 N–H and O–H groups in total. The number of benzene rings is 1. The Balaban J connectivity index is 2.14. The first-order valence-electron chi connectivity index (χ1n) is 5.80. The molecular formula is C13H20N2. The number of nitrogens with one attached hydrogen (secondary N) is 2. The molecule has 2 nitrogen and oxygen atoms in total. The van der Waals surface area contributed by atoms with Crippen LogP contribution in [0.1, 0.15) is 38.7 Å². The van der Waals surface area contributed by atoms with Crippen LogP contribution in [0, 0.1) is 6.92 Å². The van der Waals surface area contributed by atoms with E-state index in [-0.39, 0.29) is 5.66 Å². The molecular weight excluding hydrogens is 184 g/mol. The van der Waals surface area contributed by atoms with Crippen LogP contribution in [0.2, 0.25) is 0 Å². The van der Waals surface area contributed by atoms with E-state index in [0.29, 0.717) is 0 Å². The Morgan fingerprint density at radius 2 is 1.93 bits per heavy atom. The molecule has 2 rings (SSSR count). The smallest absolute Gasteiger partial charge is 0.105 e. The molecule has 1 unspecified atom stereocenters. The van der Waals surface area contributed by atoms with Crippen molar-refractivity contribution >= 4 is 11.4 Å². The van der Waals surface area contributed by atoms with Crippen LogP contribution in [0.4, 0.5) is 11.4 Å². The predicted molar refractivity (Wildman–Crippen MR) is 66.4 cm³/mol. The van der Waals surface area contributed by atoms with Gasteiger partial charge in [-0.1, -0.05) is 19.4 Å². The number of hydrogen-bond donors (Lipinski definition) is 2. The van der Waals surface area contributed by atoms with Crippen molar-refractivity contribution < 1.29 is 0 Å². The molecule has 82 valence electrons. The van der Waals surface area contributed by atoms with Crippen LogP contribution in [0.3, 0.4) is 0 Å². The summed E-state index contributed by atoms with van der Waals surface area (Å²) >= 11 is 0. The highest BCUT2D eigenvalue weighted by Crippen LogP contribution is 2.36. The topological polar surface area (TPSA) is 24.1 Å². The van der Waals surface area contributed by atoms with Gasteiger partial charge in [-0.2, -0.15) is 0 Å². The minimum atomic E-state index is 0.0478. The molecule has 1 heterocycles. The molecule has 2 heteroatoms. The van der Waals surface area contributed by atoms with Gasteiger partial charge in [0.1, 0.15) is 5.66 Å². The van der Waals surface area contributed by atoms with Crippen LogP contribution in [-0.4, -0.2) is 5.66 Å². The molecule has 0 amide bonds. The van der Waals surface area contributed by atoms with Crippen LogP contribution in [0.5, 0.6) is 0 Å². The number of anilines is 2. The van der Waals surface area contributed by atoms with E-state index in [9.17, 15) is 0 Å². The molecule has 0 bridgehead atoms. The summed E-state index contributed by atoms with van der Waals surface area (Å²) in [5.41, 5.74) is 3.84. The zero-order chi connectivity index (χ0) is 10.9. The monoisotopic (exact) mass is 204 g/mol. The summed E-state index contributed by atoms with van der Waals surface area (Å²) in [4.78, 5) is 0. The van der Waals surface area contributed by atoms with E-state index < -0.39 is 0 Å². The summed E-state index contributed by atoms with van der Waals surface area (Å²) in [6.07, 6.45) is 3.66. The van der Waals surface area contributed by atoms with E-state index in [1.54, 1.807) is 0 Å². The fourth-order valence-corrected chi connectivity index (χ4v) is 2.15. The summed E-state index contributed by atoms with van der Waals surface area (Å²) in [5.74, 6) is 0. The maximum absolute atomic E-state index is 3.58. The van der Waals surface area contributed by atoms with Gasteiger partial charge in [-0.05, 0) is 44.4 Å². The predicted octanol–water partition coefficient (Wildman–Crippen LogP) is 3.74. The Bertz CT molecular complexity index is 360. The lowest BCUT2D eigenvalue weighted by atomic mass is 10.1. The normalized spacial score (nSPS) is 23.1. The molecule has 1 aromatic rings. The molecule has 1 aliphatic rings. The minimum absolute atomic E-state index is 0.0478. The second-order valence-corrected chi connectivity index (χ2v) is 4.73. The number of aryl methyl sites for hydroxylation is 1. The van der Waals surface area contributed by atoms with Crippen LogP contribution in [-0.2, 0) is 0 Å². The molecule has 0 spiro atoms. The zero-order valence-electron chi connectivity index (χ0n) is 9.85. The summed E-state index contributed by atoms with van der Waals surface area (Å²) in [6.45, 7) is 6.59. The van der Waals surface area contributed by atoms with Gasteiger partial charge in [0.05, 0.1) is 11.4 Å². The van der Waals surface area contributed by atoms with Crippen LogP contribution >= 0.6 is 0 Å². The fraction of sp³-hybridized carbons (Fsp3) is 0.538. The molecule has 0 aromatic heterocycles. The highest BCUT2D eigenvalue weighted by Gasteiger charge is 2.30. The largest absolute Gasteiger partial charge is 0.361 e. The van der Waals surface area contributed by atoms with Crippen LogP contribution in [0.25, 0.3) is 0 Å². The summed E-state index contributed by atoms with van der Waals surface area (Å²) in [6, 6.07) is 6.52. The molecule has 0 saturated carbocycles. The maximum Gasteiger partial charge on any atom is 0.105 e. The molecule has 0 radical (unpaired) electrons. The van der Waals surface area contributed by atoms with Crippen molar-refractivity contribution in [3.63, 3.8) is 0 Å². The Morgan fingerprint density at radius 1 is 1.20 bits per heavy atom. The van der Waals surface area contributed by atoms with Gasteiger partial charge in [-0.25, -0.2) is 0 Å². The highest BCUT2D eigenvalue weighted by molar-refractivity contribution is 5.76. The van der Waals surface area contributed by atoms with E-state index >= 15 is 0 Å². The van der Waals surface area contributed by atoms with Crippen molar-refractivity contribution in [3.05, 3.63) is 23.8 Å². The first-order chi connectivity index (χ1) is 7.13. The van der Waals surface area contributed by atoms with E-state index in [0.717, 1.165) is 6.42 Å². The van der Waals surface area contributed by atoms with Gasteiger partial charge in [0.2, 0.25) is 0 Å². The van der Waals surface area contributed by atoms with Gasteiger partial charge in [-0.15, -0.1) is 0 Å². The van der Waals surface area contributed by atoms with Crippen LogP contribution < -0.4 is 10.6 Å². The summed E-state index contributed by atoms with van der Waals surface area (Å²) in [5, 5.41) is 7.14. The van der Waals surface area contributed by atoms with E-state index in [1.165, 1.54) is 29.8 Å². The van der Waals surface area contributed by atoms with Crippen molar-refractivity contribution in [1.29, 1.82) is 0 Å². The lowest BCUT2D eigenvalue weighted by molar-refractivity contribution is 0.518. The SMILES string of the molecule is CCCCC1(C)Nc2ccc(C)cc2N1. The molecule has 0 aliphatic carbocycles. The fourth-order valence-electron chi connectivity index (χ4n) is 2.15. The minimum Gasteiger partial charge on any atom is -0.361 e. The quantitative estimate of drug-likeness (QED) is 0.783. The highest BCUT2D eigenvalue weighted by atomic mass is 15.2. The third-order valence-electron chi connectivity index (χ3n) is 3.03.